The van der Waals surface area contributed by atoms with Crippen LogP contribution in [0.1, 0.15) is 62.9 Å². The van der Waals surface area contributed by atoms with Crippen molar-refractivity contribution < 1.29 is 9.53 Å². The van der Waals surface area contributed by atoms with Crippen molar-refractivity contribution in [2.75, 3.05) is 13.6 Å². The molecule has 0 radical (unpaired) electrons. The van der Waals surface area contributed by atoms with E-state index in [9.17, 15) is 4.79 Å². The summed E-state index contributed by atoms with van der Waals surface area (Å²) in [6.45, 7) is 8.77. The highest BCUT2D eigenvalue weighted by Crippen LogP contribution is 2.23. The molecule has 2 atom stereocenters. The number of ether oxygens (including phenoxy) is 1. The maximum absolute atomic E-state index is 12.4. The summed E-state index contributed by atoms with van der Waals surface area (Å²) in [7, 11) is 1.73. The number of hydrogen-bond acceptors (Lipinski definition) is 5. The summed E-state index contributed by atoms with van der Waals surface area (Å²) >= 11 is 0. The molecule has 0 bridgehead atoms. The number of guanidine groups is 1. The Morgan fingerprint density at radius 1 is 1.31 bits per heavy atom. The van der Waals surface area contributed by atoms with E-state index in [4.69, 9.17) is 4.74 Å². The van der Waals surface area contributed by atoms with Crippen LogP contribution in [0.4, 0.5) is 4.79 Å². The van der Waals surface area contributed by atoms with Crippen molar-refractivity contribution >= 4 is 36.0 Å². The Kier molecular flexibility index (Phi) is 9.29. The molecular formula is C22H34IN7O2. The van der Waals surface area contributed by atoms with Gasteiger partial charge in [0, 0.05) is 20.1 Å². The zero-order valence-corrected chi connectivity index (χ0v) is 21.7. The Morgan fingerprint density at radius 3 is 2.69 bits per heavy atom. The summed E-state index contributed by atoms with van der Waals surface area (Å²) in [5, 5.41) is 14.2. The number of rotatable bonds is 5. The summed E-state index contributed by atoms with van der Waals surface area (Å²) in [5.41, 5.74) is 0.412. The fourth-order valence-electron chi connectivity index (χ4n) is 3.55. The lowest BCUT2D eigenvalue weighted by atomic mass is 10.1. The van der Waals surface area contributed by atoms with Gasteiger partial charge in [-0.05, 0) is 46.1 Å². The van der Waals surface area contributed by atoms with Crippen molar-refractivity contribution in [3.63, 3.8) is 0 Å². The molecule has 0 saturated carbocycles. The van der Waals surface area contributed by atoms with E-state index >= 15 is 0 Å². The second kappa shape index (κ2) is 11.5. The molecule has 1 aliphatic heterocycles. The number of benzene rings is 1. The van der Waals surface area contributed by atoms with Gasteiger partial charge < -0.3 is 20.7 Å². The molecule has 10 heteroatoms. The SMILES string of the molecule is CN=C(NCC(NC(=O)OC(C)(C)C)c1ccccc1)NC1CCCn2nc(C)nc21.I. The standard InChI is InChI=1S/C22H33N7O2.HI/c1-15-25-19-17(12-9-13-29(19)28-15)26-20(23-5)24-14-18(16-10-7-6-8-11-16)27-21(30)31-22(2,3)4;/h6-8,10-11,17-18H,9,12-14H2,1-5H3,(H,27,30)(H2,23,24,26);1H. The fraction of sp³-hybridized carbons (Fsp3) is 0.545. The number of nitrogens with one attached hydrogen (secondary N) is 3. The first-order chi connectivity index (χ1) is 14.7. The quantitative estimate of drug-likeness (QED) is 0.297. The number of alkyl carbamates (subject to hydrolysis) is 1. The van der Waals surface area contributed by atoms with Gasteiger partial charge in [-0.25, -0.2) is 14.5 Å². The Labute approximate surface area is 206 Å². The van der Waals surface area contributed by atoms with Crippen LogP contribution >= 0.6 is 24.0 Å². The van der Waals surface area contributed by atoms with Crippen LogP contribution in [-0.4, -0.2) is 46.0 Å². The third-order valence-electron chi connectivity index (χ3n) is 4.88. The molecule has 0 saturated heterocycles. The minimum Gasteiger partial charge on any atom is -0.444 e. The maximum atomic E-state index is 12.4. The predicted molar refractivity (Wildman–Crippen MR) is 135 cm³/mol. The molecule has 0 spiro atoms. The van der Waals surface area contributed by atoms with Gasteiger partial charge in [0.2, 0.25) is 0 Å². The lowest BCUT2D eigenvalue weighted by molar-refractivity contribution is 0.0504. The average Bonchev–Trinajstić information content (AvgIpc) is 3.10. The minimum absolute atomic E-state index is 0. The third-order valence-corrected chi connectivity index (χ3v) is 4.88. The molecule has 3 rings (SSSR count). The van der Waals surface area contributed by atoms with Crippen molar-refractivity contribution in [1.82, 2.24) is 30.7 Å². The monoisotopic (exact) mass is 555 g/mol. The zero-order valence-electron chi connectivity index (χ0n) is 19.4. The minimum atomic E-state index is -0.564. The molecule has 32 heavy (non-hydrogen) atoms. The molecule has 1 amide bonds. The smallest absolute Gasteiger partial charge is 0.408 e. The first-order valence-corrected chi connectivity index (χ1v) is 10.7. The van der Waals surface area contributed by atoms with E-state index in [1.54, 1.807) is 7.05 Å². The van der Waals surface area contributed by atoms with Gasteiger partial charge in [0.15, 0.2) is 5.96 Å². The van der Waals surface area contributed by atoms with Gasteiger partial charge >= 0.3 is 6.09 Å². The Morgan fingerprint density at radius 2 is 2.03 bits per heavy atom. The molecule has 1 aromatic heterocycles. The Balaban J connectivity index is 0.00000363. The Hall–Kier alpha value is -2.37. The average molecular weight is 555 g/mol. The van der Waals surface area contributed by atoms with E-state index in [1.165, 1.54) is 0 Å². The number of aromatic nitrogens is 3. The first-order valence-electron chi connectivity index (χ1n) is 10.7. The van der Waals surface area contributed by atoms with Crippen LogP contribution in [0, 0.1) is 6.92 Å². The van der Waals surface area contributed by atoms with Crippen LogP contribution in [0.25, 0.3) is 0 Å². The van der Waals surface area contributed by atoms with E-state index in [-0.39, 0.29) is 36.1 Å². The summed E-state index contributed by atoms with van der Waals surface area (Å²) in [4.78, 5) is 21.3. The lowest BCUT2D eigenvalue weighted by Gasteiger charge is -2.27. The lowest BCUT2D eigenvalue weighted by Crippen LogP contribution is -2.45. The van der Waals surface area contributed by atoms with E-state index in [0.29, 0.717) is 12.5 Å². The molecule has 0 aliphatic carbocycles. The largest absolute Gasteiger partial charge is 0.444 e. The van der Waals surface area contributed by atoms with E-state index in [2.05, 4.69) is 31.0 Å². The number of fused-ring (bicyclic) bond motifs is 1. The molecule has 3 N–H and O–H groups in total. The number of halogens is 1. The van der Waals surface area contributed by atoms with Crippen LogP contribution in [-0.2, 0) is 11.3 Å². The zero-order chi connectivity index (χ0) is 22.4. The number of nitrogens with zero attached hydrogens (tertiary/aromatic N) is 4. The molecule has 1 aliphatic rings. The van der Waals surface area contributed by atoms with Gasteiger partial charge in [-0.15, -0.1) is 24.0 Å². The van der Waals surface area contributed by atoms with Crippen LogP contribution in [0.3, 0.4) is 0 Å². The van der Waals surface area contributed by atoms with E-state index in [0.717, 1.165) is 36.6 Å². The molecule has 2 unspecified atom stereocenters. The van der Waals surface area contributed by atoms with Crippen molar-refractivity contribution in [2.24, 2.45) is 4.99 Å². The summed E-state index contributed by atoms with van der Waals surface area (Å²) in [6, 6.07) is 9.55. The van der Waals surface area contributed by atoms with Crippen LogP contribution < -0.4 is 16.0 Å². The normalized spacial score (nSPS) is 16.9. The van der Waals surface area contributed by atoms with E-state index < -0.39 is 11.7 Å². The van der Waals surface area contributed by atoms with Crippen LogP contribution in [0.15, 0.2) is 35.3 Å². The second-order valence-electron chi connectivity index (χ2n) is 8.64. The van der Waals surface area contributed by atoms with Gasteiger partial charge in [-0.2, -0.15) is 5.10 Å². The molecule has 0 fully saturated rings. The van der Waals surface area contributed by atoms with Gasteiger partial charge in [-0.3, -0.25) is 4.99 Å². The van der Waals surface area contributed by atoms with Crippen LogP contribution in [0.5, 0.6) is 0 Å². The highest BCUT2D eigenvalue weighted by Gasteiger charge is 2.25. The molecule has 1 aromatic carbocycles. The van der Waals surface area contributed by atoms with Gasteiger partial charge in [0.25, 0.3) is 0 Å². The van der Waals surface area contributed by atoms with Crippen LogP contribution in [0.2, 0.25) is 0 Å². The van der Waals surface area contributed by atoms with Gasteiger partial charge in [0.05, 0.1) is 12.1 Å². The topological polar surface area (TPSA) is 105 Å². The highest BCUT2D eigenvalue weighted by atomic mass is 127. The number of carbonyl (C=O) groups excluding carboxylic acids is 1. The summed E-state index contributed by atoms with van der Waals surface area (Å²) in [5.74, 6) is 2.35. The maximum Gasteiger partial charge on any atom is 0.408 e. The second-order valence-corrected chi connectivity index (χ2v) is 8.64. The number of amides is 1. The predicted octanol–water partition coefficient (Wildman–Crippen LogP) is 3.47. The van der Waals surface area contributed by atoms with Crippen molar-refractivity contribution in [2.45, 2.75) is 64.8 Å². The highest BCUT2D eigenvalue weighted by molar-refractivity contribution is 14.0. The van der Waals surface area contributed by atoms with Crippen molar-refractivity contribution in [3.05, 3.63) is 47.5 Å². The molecule has 2 aromatic rings. The molecule has 9 nitrogen and oxygen atoms in total. The van der Waals surface area contributed by atoms with E-state index in [1.807, 2.05) is 62.7 Å². The summed E-state index contributed by atoms with van der Waals surface area (Å²) in [6.07, 6.45) is 1.52. The third kappa shape index (κ3) is 7.35. The fourth-order valence-corrected chi connectivity index (χ4v) is 3.55. The van der Waals surface area contributed by atoms with Gasteiger partial charge in [0.1, 0.15) is 17.2 Å². The number of aryl methyl sites for hydroxylation is 2. The summed E-state index contributed by atoms with van der Waals surface area (Å²) < 4.78 is 7.40. The van der Waals surface area contributed by atoms with Crippen molar-refractivity contribution in [1.29, 1.82) is 0 Å². The van der Waals surface area contributed by atoms with Crippen molar-refractivity contribution in [3.8, 4) is 0 Å². The number of aliphatic imine (C=N–C) groups is 1. The molecular weight excluding hydrogens is 521 g/mol. The Bertz CT molecular complexity index is 909. The van der Waals surface area contributed by atoms with Gasteiger partial charge in [-0.1, -0.05) is 30.3 Å². The molecule has 176 valence electrons. The molecule has 2 heterocycles. The number of hydrogen-bond donors (Lipinski definition) is 3. The number of carbonyl (C=O) groups is 1. The first kappa shape index (κ1) is 25.9.